The third-order valence-electron chi connectivity index (χ3n) is 5.07. The van der Waals surface area contributed by atoms with Gasteiger partial charge in [0.1, 0.15) is 5.76 Å². The average Bonchev–Trinajstić information content (AvgIpc) is 3.38. The highest BCUT2D eigenvalue weighted by atomic mass is 16.5. The number of aromatic nitrogens is 1. The van der Waals surface area contributed by atoms with Crippen LogP contribution in [0.3, 0.4) is 0 Å². The van der Waals surface area contributed by atoms with Gasteiger partial charge in [0.25, 0.3) is 0 Å². The van der Waals surface area contributed by atoms with Crippen molar-refractivity contribution in [3.8, 4) is 0 Å². The van der Waals surface area contributed by atoms with Gasteiger partial charge in [-0.15, -0.1) is 0 Å². The molecule has 0 bridgehead atoms. The lowest BCUT2D eigenvalue weighted by atomic mass is 10.1. The molecule has 2 aromatic carbocycles. The van der Waals surface area contributed by atoms with Gasteiger partial charge in [-0.1, -0.05) is 24.3 Å². The summed E-state index contributed by atoms with van der Waals surface area (Å²) < 4.78 is 12.3. The van der Waals surface area contributed by atoms with Crippen LogP contribution in [0.1, 0.15) is 37.8 Å². The topological polar surface area (TPSA) is 94.0 Å². The minimum absolute atomic E-state index is 0.157. The Hall–Kier alpha value is -4.13. The van der Waals surface area contributed by atoms with Crippen LogP contribution in [0.4, 0.5) is 5.69 Å². The van der Waals surface area contributed by atoms with Crippen LogP contribution in [0, 0.1) is 6.92 Å². The first-order valence-corrected chi connectivity index (χ1v) is 9.60. The molecule has 2 aromatic heterocycles. The van der Waals surface area contributed by atoms with E-state index in [1.807, 2.05) is 35.0 Å². The number of aliphatic imine (C=N–C) groups is 1. The summed E-state index contributed by atoms with van der Waals surface area (Å²) in [4.78, 5) is 27.5. The van der Waals surface area contributed by atoms with E-state index < -0.39 is 11.9 Å². The Morgan fingerprint density at radius 3 is 2.71 bits per heavy atom. The number of rotatable bonds is 6. The lowest BCUT2D eigenvalue weighted by Gasteiger charge is -2.03. The predicted octanol–water partition coefficient (Wildman–Crippen LogP) is 4.83. The summed E-state index contributed by atoms with van der Waals surface area (Å²) >= 11 is 0. The van der Waals surface area contributed by atoms with E-state index in [2.05, 4.69) is 9.73 Å². The SMILES string of the molecule is COC(=O)c1ccc(Cn2cc(C=Nc3cccc(C(=O)O)c3C)c3ccccc32)o1. The Morgan fingerprint density at radius 2 is 1.94 bits per heavy atom. The number of ether oxygens (including phenoxy) is 1. The molecule has 156 valence electrons. The second-order valence-electron chi connectivity index (χ2n) is 7.00. The van der Waals surface area contributed by atoms with Crippen molar-refractivity contribution in [3.63, 3.8) is 0 Å². The summed E-state index contributed by atoms with van der Waals surface area (Å²) in [6.07, 6.45) is 3.68. The Kier molecular flexibility index (Phi) is 5.41. The van der Waals surface area contributed by atoms with Crippen LogP contribution in [0.2, 0.25) is 0 Å². The van der Waals surface area contributed by atoms with Crippen molar-refractivity contribution in [1.82, 2.24) is 4.57 Å². The van der Waals surface area contributed by atoms with E-state index in [0.717, 1.165) is 16.5 Å². The summed E-state index contributed by atoms with van der Waals surface area (Å²) in [5.74, 6) is -0.717. The quantitative estimate of drug-likeness (QED) is 0.359. The van der Waals surface area contributed by atoms with Crippen LogP contribution in [0.5, 0.6) is 0 Å². The predicted molar refractivity (Wildman–Crippen MR) is 116 cm³/mol. The molecule has 4 aromatic rings. The number of hydrogen-bond acceptors (Lipinski definition) is 5. The highest BCUT2D eigenvalue weighted by Crippen LogP contribution is 2.25. The highest BCUT2D eigenvalue weighted by molar-refractivity contribution is 6.00. The normalized spacial score (nSPS) is 11.3. The van der Waals surface area contributed by atoms with Gasteiger partial charge < -0.3 is 18.8 Å². The third kappa shape index (κ3) is 3.98. The molecule has 7 nitrogen and oxygen atoms in total. The van der Waals surface area contributed by atoms with Crippen molar-refractivity contribution in [2.75, 3.05) is 7.11 Å². The maximum absolute atomic E-state index is 11.6. The van der Waals surface area contributed by atoms with E-state index in [1.54, 1.807) is 43.5 Å². The lowest BCUT2D eigenvalue weighted by Crippen LogP contribution is -1.99. The van der Waals surface area contributed by atoms with Crippen molar-refractivity contribution >= 4 is 34.7 Å². The molecule has 0 radical (unpaired) electrons. The van der Waals surface area contributed by atoms with Gasteiger partial charge in [0.2, 0.25) is 5.76 Å². The first kappa shape index (κ1) is 20.2. The fourth-order valence-electron chi connectivity index (χ4n) is 3.48. The Labute approximate surface area is 178 Å². The zero-order chi connectivity index (χ0) is 22.0. The zero-order valence-electron chi connectivity index (χ0n) is 17.0. The maximum atomic E-state index is 11.6. The van der Waals surface area contributed by atoms with Gasteiger partial charge in [0, 0.05) is 28.9 Å². The molecule has 0 atom stereocenters. The smallest absolute Gasteiger partial charge is 0.373 e. The van der Waals surface area contributed by atoms with Gasteiger partial charge in [-0.2, -0.15) is 0 Å². The zero-order valence-corrected chi connectivity index (χ0v) is 17.0. The molecule has 0 amide bonds. The molecule has 31 heavy (non-hydrogen) atoms. The Balaban J connectivity index is 1.68. The molecule has 1 N–H and O–H groups in total. The molecule has 4 rings (SSSR count). The second kappa shape index (κ2) is 8.31. The van der Waals surface area contributed by atoms with Crippen molar-refractivity contribution in [2.45, 2.75) is 13.5 Å². The van der Waals surface area contributed by atoms with Crippen molar-refractivity contribution in [2.24, 2.45) is 4.99 Å². The van der Waals surface area contributed by atoms with Crippen LogP contribution in [0.15, 0.2) is 70.2 Å². The molecule has 0 aliphatic heterocycles. The fourth-order valence-corrected chi connectivity index (χ4v) is 3.48. The average molecular weight is 416 g/mol. The van der Waals surface area contributed by atoms with E-state index in [9.17, 15) is 14.7 Å². The number of benzene rings is 2. The lowest BCUT2D eigenvalue weighted by molar-refractivity contribution is 0.0562. The van der Waals surface area contributed by atoms with Crippen molar-refractivity contribution in [3.05, 3.63) is 89.0 Å². The van der Waals surface area contributed by atoms with E-state index in [0.29, 0.717) is 23.6 Å². The number of aromatic carboxylic acids is 1. The van der Waals surface area contributed by atoms with Gasteiger partial charge in [0.05, 0.1) is 24.9 Å². The van der Waals surface area contributed by atoms with Gasteiger partial charge in [-0.3, -0.25) is 4.99 Å². The van der Waals surface area contributed by atoms with Crippen LogP contribution in [-0.2, 0) is 11.3 Å². The minimum atomic E-state index is -0.976. The van der Waals surface area contributed by atoms with Crippen molar-refractivity contribution < 1.29 is 23.8 Å². The standard InChI is InChI=1S/C24H20N2O5/c1-15-18(23(27)28)7-5-8-20(15)25-12-16-13-26(21-9-4-3-6-19(16)21)14-17-10-11-22(31-17)24(29)30-2/h3-13H,14H2,1-2H3,(H,27,28). The Bertz CT molecular complexity index is 1310. The molecule has 7 heteroatoms. The summed E-state index contributed by atoms with van der Waals surface area (Å²) in [5.41, 5.74) is 3.31. The minimum Gasteiger partial charge on any atom is -0.478 e. The summed E-state index contributed by atoms with van der Waals surface area (Å²) in [6.45, 7) is 2.17. The molecule has 2 heterocycles. The molecule has 0 unspecified atom stereocenters. The number of esters is 1. The van der Waals surface area contributed by atoms with E-state index in [4.69, 9.17) is 4.42 Å². The first-order valence-electron chi connectivity index (χ1n) is 9.60. The molecule has 0 spiro atoms. The van der Waals surface area contributed by atoms with Gasteiger partial charge >= 0.3 is 11.9 Å². The van der Waals surface area contributed by atoms with E-state index in [1.165, 1.54) is 7.11 Å². The summed E-state index contributed by atoms with van der Waals surface area (Å²) in [5, 5.41) is 10.3. The number of hydrogen-bond donors (Lipinski definition) is 1. The van der Waals surface area contributed by atoms with Gasteiger partial charge in [-0.05, 0) is 42.8 Å². The highest BCUT2D eigenvalue weighted by Gasteiger charge is 2.14. The first-order chi connectivity index (χ1) is 15.0. The van der Waals surface area contributed by atoms with Crippen LogP contribution in [-0.4, -0.2) is 34.9 Å². The van der Waals surface area contributed by atoms with Crippen LogP contribution in [0.25, 0.3) is 10.9 Å². The molecule has 0 aliphatic rings. The van der Waals surface area contributed by atoms with Crippen LogP contribution >= 0.6 is 0 Å². The fraction of sp³-hybridized carbons (Fsp3) is 0.125. The number of carbonyl (C=O) groups excluding carboxylic acids is 1. The molecular formula is C24H20N2O5. The van der Waals surface area contributed by atoms with Crippen molar-refractivity contribution in [1.29, 1.82) is 0 Å². The molecule has 0 fully saturated rings. The molecule has 0 aliphatic carbocycles. The van der Waals surface area contributed by atoms with Gasteiger partial charge in [-0.25, -0.2) is 9.59 Å². The maximum Gasteiger partial charge on any atom is 0.373 e. The largest absolute Gasteiger partial charge is 0.478 e. The number of para-hydroxylation sites is 1. The summed E-state index contributed by atoms with van der Waals surface area (Å²) in [7, 11) is 1.31. The molecule has 0 saturated heterocycles. The second-order valence-corrected chi connectivity index (χ2v) is 7.00. The van der Waals surface area contributed by atoms with E-state index >= 15 is 0 Å². The number of carboxylic acids is 1. The number of methoxy groups -OCH3 is 1. The monoisotopic (exact) mass is 416 g/mol. The molecular weight excluding hydrogens is 396 g/mol. The number of carboxylic acid groups (broad SMARTS) is 1. The van der Waals surface area contributed by atoms with Gasteiger partial charge in [0.15, 0.2) is 0 Å². The number of fused-ring (bicyclic) bond motifs is 1. The molecule has 0 saturated carbocycles. The summed E-state index contributed by atoms with van der Waals surface area (Å²) in [6, 6.07) is 16.3. The number of nitrogens with zero attached hydrogens (tertiary/aromatic N) is 2. The van der Waals surface area contributed by atoms with Crippen LogP contribution < -0.4 is 0 Å². The Morgan fingerprint density at radius 1 is 1.13 bits per heavy atom. The number of furan rings is 1. The number of carbonyl (C=O) groups is 2. The third-order valence-corrected chi connectivity index (χ3v) is 5.07. The van der Waals surface area contributed by atoms with E-state index in [-0.39, 0.29) is 11.3 Å².